The Hall–Kier alpha value is -2.14. The van der Waals surface area contributed by atoms with Crippen LogP contribution in [0.2, 0.25) is 0 Å². The summed E-state index contributed by atoms with van der Waals surface area (Å²) < 4.78 is 37.0. The van der Waals surface area contributed by atoms with Crippen molar-refractivity contribution in [3.05, 3.63) is 39.4 Å². The van der Waals surface area contributed by atoms with E-state index in [0.29, 0.717) is 11.1 Å². The topological polar surface area (TPSA) is 79.0 Å². The number of nitrogens with zero attached hydrogens (tertiary/aromatic N) is 2. The first-order chi connectivity index (χ1) is 9.27. The molecule has 0 aliphatic heterocycles. The second-order valence-electron chi connectivity index (χ2n) is 4.17. The maximum Gasteiger partial charge on any atom is 0.405 e. The maximum absolute atomic E-state index is 12.3. The quantitative estimate of drug-likeness (QED) is 0.667. The van der Waals surface area contributed by atoms with Gasteiger partial charge in [-0.3, -0.25) is 10.1 Å². The SMILES string of the molecule is Cc1c(CNCC(C#N)C(F)(F)F)cccc1[N+](=O)[O-]. The maximum atomic E-state index is 12.3. The van der Waals surface area contributed by atoms with Crippen LogP contribution in [-0.2, 0) is 6.54 Å². The lowest BCUT2D eigenvalue weighted by Gasteiger charge is -2.14. The van der Waals surface area contributed by atoms with Crippen molar-refractivity contribution in [2.75, 3.05) is 6.54 Å². The first kappa shape index (κ1) is 15.9. The normalized spacial score (nSPS) is 12.8. The summed E-state index contributed by atoms with van der Waals surface area (Å²) in [4.78, 5) is 10.2. The van der Waals surface area contributed by atoms with Crippen LogP contribution in [0.15, 0.2) is 18.2 Å². The van der Waals surface area contributed by atoms with Gasteiger partial charge in [0.15, 0.2) is 5.92 Å². The number of hydrogen-bond acceptors (Lipinski definition) is 4. The van der Waals surface area contributed by atoms with Crippen molar-refractivity contribution >= 4 is 5.69 Å². The molecule has 20 heavy (non-hydrogen) atoms. The van der Waals surface area contributed by atoms with Crippen molar-refractivity contribution in [2.45, 2.75) is 19.6 Å². The minimum atomic E-state index is -4.58. The molecule has 1 unspecified atom stereocenters. The second-order valence-corrected chi connectivity index (χ2v) is 4.17. The van der Waals surface area contributed by atoms with Gasteiger partial charge in [0.05, 0.1) is 11.0 Å². The van der Waals surface area contributed by atoms with Crippen LogP contribution >= 0.6 is 0 Å². The Morgan fingerprint density at radius 1 is 1.50 bits per heavy atom. The summed E-state index contributed by atoms with van der Waals surface area (Å²) in [7, 11) is 0. The van der Waals surface area contributed by atoms with Crippen molar-refractivity contribution in [3.8, 4) is 6.07 Å². The van der Waals surface area contributed by atoms with E-state index in [-0.39, 0.29) is 12.2 Å². The average Bonchev–Trinajstić information content (AvgIpc) is 2.34. The highest BCUT2D eigenvalue weighted by Gasteiger charge is 2.39. The zero-order valence-corrected chi connectivity index (χ0v) is 10.6. The number of nitriles is 1. The molecule has 1 rings (SSSR count). The Morgan fingerprint density at radius 2 is 2.15 bits per heavy atom. The Balaban J connectivity index is 2.70. The molecule has 0 bridgehead atoms. The van der Waals surface area contributed by atoms with Gasteiger partial charge in [0, 0.05) is 24.7 Å². The summed E-state index contributed by atoms with van der Waals surface area (Å²) in [6.07, 6.45) is -4.58. The molecule has 0 aliphatic rings. The van der Waals surface area contributed by atoms with Gasteiger partial charge in [0.25, 0.3) is 5.69 Å². The summed E-state index contributed by atoms with van der Waals surface area (Å²) in [6, 6.07) is 5.56. The number of benzene rings is 1. The van der Waals surface area contributed by atoms with E-state index in [4.69, 9.17) is 5.26 Å². The zero-order valence-electron chi connectivity index (χ0n) is 10.6. The van der Waals surface area contributed by atoms with Gasteiger partial charge in [-0.05, 0) is 12.5 Å². The molecule has 1 aromatic rings. The Morgan fingerprint density at radius 3 is 2.65 bits per heavy atom. The Labute approximate surface area is 113 Å². The molecule has 108 valence electrons. The first-order valence-corrected chi connectivity index (χ1v) is 5.67. The molecule has 8 heteroatoms. The predicted octanol–water partition coefficient (Wildman–Crippen LogP) is 2.69. The first-order valence-electron chi connectivity index (χ1n) is 5.67. The predicted molar refractivity (Wildman–Crippen MR) is 64.7 cm³/mol. The van der Waals surface area contributed by atoms with E-state index in [2.05, 4.69) is 5.32 Å². The Bertz CT molecular complexity index is 538. The third-order valence-electron chi connectivity index (χ3n) is 2.83. The van der Waals surface area contributed by atoms with Crippen LogP contribution < -0.4 is 5.32 Å². The van der Waals surface area contributed by atoms with Crippen LogP contribution in [-0.4, -0.2) is 17.6 Å². The van der Waals surface area contributed by atoms with E-state index in [1.807, 2.05) is 0 Å². The van der Waals surface area contributed by atoms with Gasteiger partial charge in [-0.2, -0.15) is 18.4 Å². The van der Waals surface area contributed by atoms with E-state index in [9.17, 15) is 23.3 Å². The third-order valence-corrected chi connectivity index (χ3v) is 2.83. The summed E-state index contributed by atoms with van der Waals surface area (Å²) in [5.41, 5.74) is 0.834. The van der Waals surface area contributed by atoms with Crippen molar-refractivity contribution in [2.24, 2.45) is 5.92 Å². The molecule has 0 fully saturated rings. The van der Waals surface area contributed by atoms with Gasteiger partial charge in [-0.25, -0.2) is 0 Å². The Kier molecular flexibility index (Phi) is 5.05. The monoisotopic (exact) mass is 287 g/mol. The van der Waals surface area contributed by atoms with Gasteiger partial charge in [-0.1, -0.05) is 12.1 Å². The molecular formula is C12H12F3N3O2. The molecule has 1 atom stereocenters. The van der Waals surface area contributed by atoms with Crippen molar-refractivity contribution < 1.29 is 18.1 Å². The van der Waals surface area contributed by atoms with Crippen LogP contribution in [0.4, 0.5) is 18.9 Å². The molecule has 1 N–H and O–H groups in total. The minimum Gasteiger partial charge on any atom is -0.311 e. The molecule has 5 nitrogen and oxygen atoms in total. The van der Waals surface area contributed by atoms with E-state index in [0.717, 1.165) is 0 Å². The molecular weight excluding hydrogens is 275 g/mol. The summed E-state index contributed by atoms with van der Waals surface area (Å²) >= 11 is 0. The lowest BCUT2D eigenvalue weighted by atomic mass is 10.1. The molecule has 0 amide bonds. The molecule has 0 saturated carbocycles. The van der Waals surface area contributed by atoms with E-state index in [1.165, 1.54) is 25.1 Å². The highest BCUT2D eigenvalue weighted by molar-refractivity contribution is 5.44. The summed E-state index contributed by atoms with van der Waals surface area (Å²) in [5, 5.41) is 21.7. The van der Waals surface area contributed by atoms with Gasteiger partial charge >= 0.3 is 6.18 Å². The van der Waals surface area contributed by atoms with Gasteiger partial charge in [0.2, 0.25) is 0 Å². The molecule has 0 heterocycles. The van der Waals surface area contributed by atoms with Crippen LogP contribution in [0.1, 0.15) is 11.1 Å². The van der Waals surface area contributed by atoms with Crippen molar-refractivity contribution in [3.63, 3.8) is 0 Å². The van der Waals surface area contributed by atoms with Crippen LogP contribution in [0.25, 0.3) is 0 Å². The number of hydrogen-bond donors (Lipinski definition) is 1. The van der Waals surface area contributed by atoms with Crippen molar-refractivity contribution in [1.29, 1.82) is 5.26 Å². The fraction of sp³-hybridized carbons (Fsp3) is 0.417. The summed E-state index contributed by atoms with van der Waals surface area (Å²) in [6.45, 7) is 1.00. The largest absolute Gasteiger partial charge is 0.405 e. The molecule has 0 aromatic heterocycles. The zero-order chi connectivity index (χ0) is 15.3. The number of nitro benzene ring substituents is 1. The summed E-state index contributed by atoms with van der Waals surface area (Å²) in [5.74, 6) is -2.10. The highest BCUT2D eigenvalue weighted by Crippen LogP contribution is 2.25. The minimum absolute atomic E-state index is 0.0295. The molecule has 0 aliphatic carbocycles. The third kappa shape index (κ3) is 3.93. The molecule has 0 spiro atoms. The fourth-order valence-electron chi connectivity index (χ4n) is 1.64. The number of nitro groups is 1. The number of halogens is 3. The van der Waals surface area contributed by atoms with Crippen LogP contribution in [0.3, 0.4) is 0 Å². The van der Waals surface area contributed by atoms with Crippen LogP contribution in [0, 0.1) is 34.3 Å². The van der Waals surface area contributed by atoms with E-state index in [1.54, 1.807) is 6.07 Å². The highest BCUT2D eigenvalue weighted by atomic mass is 19.4. The van der Waals surface area contributed by atoms with Gasteiger partial charge < -0.3 is 5.32 Å². The van der Waals surface area contributed by atoms with Gasteiger partial charge in [0.1, 0.15) is 0 Å². The number of nitrogens with one attached hydrogen (secondary N) is 1. The molecule has 0 radical (unpaired) electrons. The number of rotatable bonds is 5. The fourth-order valence-corrected chi connectivity index (χ4v) is 1.64. The lowest BCUT2D eigenvalue weighted by molar-refractivity contribution is -0.385. The average molecular weight is 287 g/mol. The lowest BCUT2D eigenvalue weighted by Crippen LogP contribution is -2.32. The molecule has 0 saturated heterocycles. The standard InChI is InChI=1S/C12H12F3N3O2/c1-8-9(3-2-4-11(8)18(19)20)6-17-7-10(5-16)12(13,14)15/h2-4,10,17H,6-7H2,1H3. The van der Waals surface area contributed by atoms with E-state index >= 15 is 0 Å². The van der Waals surface area contributed by atoms with E-state index < -0.39 is 23.6 Å². The van der Waals surface area contributed by atoms with Crippen LogP contribution in [0.5, 0.6) is 0 Å². The molecule has 1 aromatic carbocycles. The second kappa shape index (κ2) is 6.34. The number of alkyl halides is 3. The van der Waals surface area contributed by atoms with Crippen molar-refractivity contribution in [1.82, 2.24) is 5.32 Å². The smallest absolute Gasteiger partial charge is 0.311 e. The van der Waals surface area contributed by atoms with Gasteiger partial charge in [-0.15, -0.1) is 0 Å².